The minimum Gasteiger partial charge on any atom is -0.346 e. The number of hydrogen-bond donors (Lipinski definition) is 1. The van der Waals surface area contributed by atoms with E-state index in [1.54, 1.807) is 17.0 Å². The molecule has 4 amide bonds. The van der Waals surface area contributed by atoms with Gasteiger partial charge in [0.15, 0.2) is 0 Å². The molecule has 4 fully saturated rings. The molecule has 1 aromatic carbocycles. The van der Waals surface area contributed by atoms with Crippen LogP contribution >= 0.6 is 22.9 Å². The van der Waals surface area contributed by atoms with Crippen molar-refractivity contribution in [2.24, 2.45) is 0 Å². The average molecular weight is 513 g/mol. The fraction of sp³-hybridized carbons (Fsp3) is 0.500. The lowest BCUT2D eigenvalue weighted by Gasteiger charge is -2.22. The summed E-state index contributed by atoms with van der Waals surface area (Å²) in [7, 11) is 0. The highest BCUT2D eigenvalue weighted by Crippen LogP contribution is 2.51. The summed E-state index contributed by atoms with van der Waals surface area (Å²) in [4.78, 5) is 45.1. The minimum atomic E-state index is -0.670. The molecule has 4 heterocycles. The van der Waals surface area contributed by atoms with Gasteiger partial charge < -0.3 is 15.1 Å². The second kappa shape index (κ2) is 8.91. The topological polar surface area (TPSA) is 73.0 Å². The number of fused-ring (bicyclic) bond motifs is 1. The predicted molar refractivity (Wildman–Crippen MR) is 136 cm³/mol. The Balaban J connectivity index is 1.14. The summed E-state index contributed by atoms with van der Waals surface area (Å²) >= 11 is 7.15. The molecule has 4 aliphatic rings. The number of urea groups is 1. The van der Waals surface area contributed by atoms with E-state index in [0.29, 0.717) is 27.9 Å². The molecule has 35 heavy (non-hydrogen) atoms. The summed E-state index contributed by atoms with van der Waals surface area (Å²) in [6, 6.07) is 9.96. The van der Waals surface area contributed by atoms with Crippen LogP contribution in [0.2, 0.25) is 4.34 Å². The highest BCUT2D eigenvalue weighted by molar-refractivity contribution is 7.18. The van der Waals surface area contributed by atoms with Gasteiger partial charge in [-0.3, -0.25) is 9.59 Å². The van der Waals surface area contributed by atoms with E-state index in [1.165, 1.54) is 67.0 Å². The fourth-order valence-electron chi connectivity index (χ4n) is 5.91. The number of halogens is 1. The van der Waals surface area contributed by atoms with Crippen LogP contribution in [0.5, 0.6) is 0 Å². The van der Waals surface area contributed by atoms with E-state index in [9.17, 15) is 14.4 Å². The first-order valence-electron chi connectivity index (χ1n) is 12.5. The zero-order chi connectivity index (χ0) is 24.2. The third-order valence-electron chi connectivity index (χ3n) is 8.12. The molecule has 0 radical (unpaired) electrons. The number of thiophene rings is 1. The van der Waals surface area contributed by atoms with Crippen molar-refractivity contribution in [1.82, 2.24) is 15.1 Å². The van der Waals surface area contributed by atoms with Gasteiger partial charge in [-0.2, -0.15) is 0 Å². The van der Waals surface area contributed by atoms with E-state index < -0.39 is 12.1 Å². The maximum absolute atomic E-state index is 13.4. The molecule has 1 aromatic heterocycles. The molecule has 1 N–H and O–H groups in total. The molecule has 7 nitrogen and oxygen atoms in total. The molecular weight excluding hydrogens is 484 g/mol. The van der Waals surface area contributed by atoms with Gasteiger partial charge in [0.05, 0.1) is 20.9 Å². The van der Waals surface area contributed by atoms with Gasteiger partial charge >= 0.3 is 6.03 Å². The lowest BCUT2D eigenvalue weighted by atomic mass is 9.92. The van der Waals surface area contributed by atoms with Crippen molar-refractivity contribution in [3.63, 3.8) is 0 Å². The average Bonchev–Trinajstić information content (AvgIpc) is 3.25. The van der Waals surface area contributed by atoms with Crippen LogP contribution in [0.3, 0.4) is 0 Å². The van der Waals surface area contributed by atoms with Crippen molar-refractivity contribution < 1.29 is 14.4 Å². The third kappa shape index (κ3) is 4.15. The van der Waals surface area contributed by atoms with Crippen LogP contribution in [0.1, 0.15) is 53.8 Å². The quantitative estimate of drug-likeness (QED) is 0.563. The van der Waals surface area contributed by atoms with Crippen LogP contribution in [-0.4, -0.2) is 65.9 Å². The summed E-state index contributed by atoms with van der Waals surface area (Å²) in [5.41, 5.74) is 2.16. The van der Waals surface area contributed by atoms with Gasteiger partial charge in [0.1, 0.15) is 6.04 Å². The molecule has 1 saturated carbocycles. The summed E-state index contributed by atoms with van der Waals surface area (Å²) in [6.07, 6.45) is 6.75. The summed E-state index contributed by atoms with van der Waals surface area (Å²) < 4.78 is 0.536. The number of imide groups is 1. The molecule has 184 valence electrons. The third-order valence-corrected chi connectivity index (χ3v) is 9.35. The lowest BCUT2D eigenvalue weighted by Crippen LogP contribution is -2.46. The number of likely N-dealkylation sites (tertiary alicyclic amines) is 1. The number of carbonyl (C=O) groups excluding carboxylic acids is 3. The van der Waals surface area contributed by atoms with Crippen molar-refractivity contribution in [2.45, 2.75) is 56.0 Å². The van der Waals surface area contributed by atoms with Crippen LogP contribution < -0.4 is 10.2 Å². The maximum Gasteiger partial charge on any atom is 0.332 e. The standard InChI is InChI=1S/C26H29ClN4O3S/c27-21-8-7-20(35-21)23(32)28-19-9-15-30-22(19)24(33)31(25(30)34)18-5-3-17(4-6-18)26(10-11-26)12-16-29-13-1-2-14-29/h3-8,19,22H,1-2,9-16H2,(H,28,32)/t19-,22+/m1/s1. The van der Waals surface area contributed by atoms with Crippen molar-refractivity contribution in [2.75, 3.05) is 31.1 Å². The zero-order valence-corrected chi connectivity index (χ0v) is 21.1. The Morgan fingerprint density at radius 1 is 1.06 bits per heavy atom. The molecule has 2 atom stereocenters. The Bertz CT molecular complexity index is 1160. The molecule has 2 aromatic rings. The Morgan fingerprint density at radius 3 is 2.46 bits per heavy atom. The number of carbonyl (C=O) groups is 3. The van der Waals surface area contributed by atoms with Crippen LogP contribution in [-0.2, 0) is 10.2 Å². The second-order valence-electron chi connectivity index (χ2n) is 10.2. The van der Waals surface area contributed by atoms with E-state index in [2.05, 4.69) is 22.3 Å². The molecule has 3 aliphatic heterocycles. The first-order chi connectivity index (χ1) is 16.9. The fourth-order valence-corrected chi connectivity index (χ4v) is 6.85. The number of amides is 4. The van der Waals surface area contributed by atoms with Crippen molar-refractivity contribution in [3.05, 3.63) is 51.2 Å². The molecule has 6 rings (SSSR count). The maximum atomic E-state index is 13.4. The first-order valence-corrected chi connectivity index (χ1v) is 13.7. The summed E-state index contributed by atoms with van der Waals surface area (Å²) in [6.45, 7) is 4.02. The van der Waals surface area contributed by atoms with Crippen LogP contribution in [0.15, 0.2) is 36.4 Å². The van der Waals surface area contributed by atoms with Crippen LogP contribution in [0.25, 0.3) is 0 Å². The second-order valence-corrected chi connectivity index (χ2v) is 11.9. The van der Waals surface area contributed by atoms with Crippen molar-refractivity contribution in [3.8, 4) is 0 Å². The molecule has 0 spiro atoms. The largest absolute Gasteiger partial charge is 0.346 e. The highest BCUT2D eigenvalue weighted by Gasteiger charge is 2.53. The minimum absolute atomic E-state index is 0.250. The van der Waals surface area contributed by atoms with E-state index in [1.807, 2.05) is 12.1 Å². The SMILES string of the molecule is O=C(N[C@@H]1CCN2C(=O)N(c3ccc(C4(CCN5CCCC5)CC4)cc3)C(=O)[C@H]12)c1ccc(Cl)s1. The van der Waals surface area contributed by atoms with Crippen molar-refractivity contribution >= 4 is 46.5 Å². The molecule has 1 aliphatic carbocycles. The van der Waals surface area contributed by atoms with Gasteiger partial charge in [-0.05, 0) is 93.4 Å². The number of nitrogens with one attached hydrogen (secondary N) is 1. The molecule has 0 unspecified atom stereocenters. The molecular formula is C26H29ClN4O3S. The van der Waals surface area contributed by atoms with E-state index in [4.69, 9.17) is 11.6 Å². The monoisotopic (exact) mass is 512 g/mol. The highest BCUT2D eigenvalue weighted by atomic mass is 35.5. The number of rotatable bonds is 7. The van der Waals surface area contributed by atoms with Crippen LogP contribution in [0.4, 0.5) is 10.5 Å². The Hall–Kier alpha value is -2.42. The smallest absolute Gasteiger partial charge is 0.332 e. The number of benzene rings is 1. The number of nitrogens with zero attached hydrogens (tertiary/aromatic N) is 3. The van der Waals surface area contributed by atoms with Gasteiger partial charge in [-0.15, -0.1) is 11.3 Å². The summed E-state index contributed by atoms with van der Waals surface area (Å²) in [5.74, 6) is -0.537. The van der Waals surface area contributed by atoms with Crippen molar-refractivity contribution in [1.29, 1.82) is 0 Å². The molecule has 0 bridgehead atoms. The molecule has 9 heteroatoms. The van der Waals surface area contributed by atoms with Gasteiger partial charge in [0.2, 0.25) is 0 Å². The molecule has 3 saturated heterocycles. The number of anilines is 1. The van der Waals surface area contributed by atoms with Gasteiger partial charge in [0.25, 0.3) is 11.8 Å². The Kier molecular flexibility index (Phi) is 5.86. The predicted octanol–water partition coefficient (Wildman–Crippen LogP) is 4.26. The normalized spacial score (nSPS) is 25.4. The van der Waals surface area contributed by atoms with E-state index in [0.717, 1.165) is 6.54 Å². The first kappa shape index (κ1) is 23.0. The zero-order valence-electron chi connectivity index (χ0n) is 19.5. The van der Waals surface area contributed by atoms with E-state index in [-0.39, 0.29) is 23.3 Å². The Morgan fingerprint density at radius 2 is 1.80 bits per heavy atom. The Labute approximate surface area is 214 Å². The van der Waals surface area contributed by atoms with Gasteiger partial charge in [-0.1, -0.05) is 23.7 Å². The van der Waals surface area contributed by atoms with E-state index >= 15 is 0 Å². The lowest BCUT2D eigenvalue weighted by molar-refractivity contribution is -0.119. The number of hydrogen-bond acceptors (Lipinski definition) is 5. The van der Waals surface area contributed by atoms with Crippen LogP contribution in [0, 0.1) is 0 Å². The van der Waals surface area contributed by atoms with Gasteiger partial charge in [-0.25, -0.2) is 9.69 Å². The van der Waals surface area contributed by atoms with Gasteiger partial charge in [0, 0.05) is 6.54 Å². The summed E-state index contributed by atoms with van der Waals surface area (Å²) in [5, 5.41) is 2.94.